The number of nitrogens with zero attached hydrogens (tertiary/aromatic N) is 1. The Hall–Kier alpha value is -2.16. The fourth-order valence-electron chi connectivity index (χ4n) is 2.38. The Kier molecular flexibility index (Phi) is 4.12. The lowest BCUT2D eigenvalue weighted by molar-refractivity contribution is 0.0618. The van der Waals surface area contributed by atoms with Gasteiger partial charge in [-0.3, -0.25) is 4.79 Å². The number of hydrogen-bond acceptors (Lipinski definition) is 1. The Morgan fingerprint density at radius 2 is 1.81 bits per heavy atom. The average molecular weight is 285 g/mol. The molecule has 0 heterocycles. The minimum atomic E-state index is -0.333. The molecule has 0 aliphatic carbocycles. The van der Waals surface area contributed by atoms with E-state index in [1.165, 1.54) is 6.07 Å². The molecule has 0 bridgehead atoms. The molecule has 0 spiro atoms. The maximum atomic E-state index is 13.9. The minimum Gasteiger partial charge on any atom is -0.330 e. The lowest BCUT2D eigenvalue weighted by Gasteiger charge is -2.35. The highest BCUT2D eigenvalue weighted by Gasteiger charge is 2.27. The molecule has 0 atom stereocenters. The maximum absolute atomic E-state index is 13.9. The Morgan fingerprint density at radius 1 is 1.19 bits per heavy atom. The van der Waals surface area contributed by atoms with Gasteiger partial charge in [0.05, 0.1) is 0 Å². The summed E-state index contributed by atoms with van der Waals surface area (Å²) in [6, 6.07) is 9.96. The third-order valence-electron chi connectivity index (χ3n) is 3.47. The fraction of sp³-hybridized carbons (Fsp3) is 0.278. The van der Waals surface area contributed by atoms with Gasteiger partial charge >= 0.3 is 0 Å². The predicted molar refractivity (Wildman–Crippen MR) is 84.9 cm³/mol. The molecule has 0 saturated heterocycles. The molecule has 0 aromatic heterocycles. The third kappa shape index (κ3) is 2.97. The Labute approximate surface area is 124 Å². The van der Waals surface area contributed by atoms with Crippen molar-refractivity contribution in [1.29, 1.82) is 0 Å². The summed E-state index contributed by atoms with van der Waals surface area (Å²) in [5.74, 6) is -0.424. The summed E-state index contributed by atoms with van der Waals surface area (Å²) >= 11 is 0. The van der Waals surface area contributed by atoms with E-state index >= 15 is 0 Å². The first-order chi connectivity index (χ1) is 9.86. The average Bonchev–Trinajstić information content (AvgIpc) is 2.43. The van der Waals surface area contributed by atoms with E-state index in [2.05, 4.69) is 6.58 Å². The van der Waals surface area contributed by atoms with Crippen LogP contribution in [-0.4, -0.2) is 22.9 Å². The van der Waals surface area contributed by atoms with Crippen LogP contribution >= 0.6 is 0 Å². The van der Waals surface area contributed by atoms with Crippen LogP contribution in [0.25, 0.3) is 10.8 Å². The molecule has 3 heteroatoms. The van der Waals surface area contributed by atoms with Crippen LogP contribution in [-0.2, 0) is 0 Å². The predicted octanol–water partition coefficient (Wildman–Crippen LogP) is 4.41. The molecular weight excluding hydrogens is 265 g/mol. The molecule has 0 aliphatic heterocycles. The summed E-state index contributed by atoms with van der Waals surface area (Å²) in [7, 11) is 0. The fourth-order valence-corrected chi connectivity index (χ4v) is 2.38. The molecule has 2 aromatic carbocycles. The maximum Gasteiger partial charge on any atom is 0.255 e. The van der Waals surface area contributed by atoms with E-state index in [0.29, 0.717) is 22.9 Å². The van der Waals surface area contributed by atoms with Gasteiger partial charge in [-0.15, -0.1) is 6.58 Å². The van der Waals surface area contributed by atoms with Gasteiger partial charge in [-0.1, -0.05) is 30.3 Å². The van der Waals surface area contributed by atoms with Gasteiger partial charge in [0.15, 0.2) is 0 Å². The number of hydrogen-bond donors (Lipinski definition) is 0. The van der Waals surface area contributed by atoms with E-state index in [9.17, 15) is 9.18 Å². The van der Waals surface area contributed by atoms with Crippen LogP contribution in [0.3, 0.4) is 0 Å². The molecule has 21 heavy (non-hydrogen) atoms. The molecule has 0 aliphatic rings. The van der Waals surface area contributed by atoms with Crippen molar-refractivity contribution in [1.82, 2.24) is 4.90 Å². The van der Waals surface area contributed by atoms with Crippen molar-refractivity contribution in [3.8, 4) is 0 Å². The van der Waals surface area contributed by atoms with Crippen molar-refractivity contribution in [3.05, 3.63) is 60.4 Å². The first-order valence-electron chi connectivity index (χ1n) is 6.96. The molecule has 110 valence electrons. The first kappa shape index (κ1) is 15.2. The number of benzene rings is 2. The number of rotatable bonds is 3. The second-order valence-corrected chi connectivity index (χ2v) is 6.02. The van der Waals surface area contributed by atoms with E-state index in [1.807, 2.05) is 26.8 Å². The molecule has 0 saturated carbocycles. The summed E-state index contributed by atoms with van der Waals surface area (Å²) < 4.78 is 13.9. The number of fused-ring (bicyclic) bond motifs is 1. The van der Waals surface area contributed by atoms with E-state index in [4.69, 9.17) is 0 Å². The van der Waals surface area contributed by atoms with Crippen molar-refractivity contribution in [2.75, 3.05) is 6.54 Å². The lowest BCUT2D eigenvalue weighted by Crippen LogP contribution is -2.45. The number of halogens is 1. The summed E-state index contributed by atoms with van der Waals surface area (Å²) in [5.41, 5.74) is 0.185. The highest BCUT2D eigenvalue weighted by atomic mass is 19.1. The topological polar surface area (TPSA) is 20.3 Å². The highest BCUT2D eigenvalue weighted by Crippen LogP contribution is 2.25. The van der Waals surface area contributed by atoms with Crippen molar-refractivity contribution in [3.63, 3.8) is 0 Å². The second kappa shape index (κ2) is 5.68. The normalized spacial score (nSPS) is 11.4. The third-order valence-corrected chi connectivity index (χ3v) is 3.47. The minimum absolute atomic E-state index is 0.112. The first-order valence-corrected chi connectivity index (χ1v) is 6.96. The number of carbonyl (C=O) groups is 1. The van der Waals surface area contributed by atoms with Crippen LogP contribution in [0, 0.1) is 5.82 Å². The summed E-state index contributed by atoms with van der Waals surface area (Å²) in [5, 5.41) is 1.11. The molecule has 2 rings (SSSR count). The molecule has 0 fully saturated rings. The van der Waals surface area contributed by atoms with Gasteiger partial charge in [0.1, 0.15) is 5.82 Å². The van der Waals surface area contributed by atoms with Crippen molar-refractivity contribution in [2.45, 2.75) is 26.3 Å². The zero-order valence-corrected chi connectivity index (χ0v) is 12.7. The number of carbonyl (C=O) groups excluding carboxylic acids is 1. The van der Waals surface area contributed by atoms with E-state index in [-0.39, 0.29) is 17.3 Å². The Bertz CT molecular complexity index is 685. The van der Waals surface area contributed by atoms with Gasteiger partial charge in [0, 0.05) is 23.0 Å². The van der Waals surface area contributed by atoms with E-state index in [1.54, 1.807) is 35.2 Å². The van der Waals surface area contributed by atoms with Crippen molar-refractivity contribution >= 4 is 16.7 Å². The molecular formula is C18H20FNO. The van der Waals surface area contributed by atoms with Gasteiger partial charge in [-0.25, -0.2) is 4.39 Å². The van der Waals surface area contributed by atoms with Crippen LogP contribution in [0.4, 0.5) is 4.39 Å². The summed E-state index contributed by atoms with van der Waals surface area (Å²) in [6.07, 6.45) is 1.70. The standard InChI is InChI=1S/C18H20FNO/c1-5-12-20(18(2,3)4)17(21)15-10-11-16(19)14-9-7-6-8-13(14)15/h5-11H,1,12H2,2-4H3. The smallest absolute Gasteiger partial charge is 0.255 e. The van der Waals surface area contributed by atoms with Crippen LogP contribution in [0.1, 0.15) is 31.1 Å². The van der Waals surface area contributed by atoms with Gasteiger partial charge < -0.3 is 4.90 Å². The lowest BCUT2D eigenvalue weighted by atomic mass is 9.99. The van der Waals surface area contributed by atoms with Gasteiger partial charge in [0.2, 0.25) is 0 Å². The van der Waals surface area contributed by atoms with Crippen molar-refractivity contribution < 1.29 is 9.18 Å². The Balaban J connectivity index is 2.58. The zero-order valence-electron chi connectivity index (χ0n) is 12.7. The molecule has 2 nitrogen and oxygen atoms in total. The van der Waals surface area contributed by atoms with Crippen molar-refractivity contribution in [2.24, 2.45) is 0 Å². The van der Waals surface area contributed by atoms with Crippen LogP contribution in [0.15, 0.2) is 49.1 Å². The monoisotopic (exact) mass is 285 g/mol. The summed E-state index contributed by atoms with van der Waals surface area (Å²) in [4.78, 5) is 14.6. The van der Waals surface area contributed by atoms with Gasteiger partial charge in [-0.05, 0) is 38.3 Å². The van der Waals surface area contributed by atoms with Gasteiger partial charge in [0.25, 0.3) is 5.91 Å². The van der Waals surface area contributed by atoms with Gasteiger partial charge in [-0.2, -0.15) is 0 Å². The van der Waals surface area contributed by atoms with Crippen LogP contribution in [0.5, 0.6) is 0 Å². The molecule has 2 aromatic rings. The van der Waals surface area contributed by atoms with Crippen LogP contribution < -0.4 is 0 Å². The Morgan fingerprint density at radius 3 is 2.38 bits per heavy atom. The van der Waals surface area contributed by atoms with E-state index < -0.39 is 0 Å². The summed E-state index contributed by atoms with van der Waals surface area (Å²) in [6.45, 7) is 10.1. The molecule has 0 radical (unpaired) electrons. The second-order valence-electron chi connectivity index (χ2n) is 6.02. The van der Waals surface area contributed by atoms with E-state index in [0.717, 1.165) is 0 Å². The molecule has 1 amide bonds. The largest absolute Gasteiger partial charge is 0.330 e. The SMILES string of the molecule is C=CCN(C(=O)c1ccc(F)c2ccccc12)C(C)(C)C. The number of amides is 1. The molecule has 0 unspecified atom stereocenters. The zero-order chi connectivity index (χ0) is 15.6. The quantitative estimate of drug-likeness (QED) is 0.765. The highest BCUT2D eigenvalue weighted by molar-refractivity contribution is 6.07. The van der Waals surface area contributed by atoms with Crippen LogP contribution in [0.2, 0.25) is 0 Å². The molecule has 0 N–H and O–H groups in total.